The first-order chi connectivity index (χ1) is 6.93. The summed E-state index contributed by atoms with van der Waals surface area (Å²) in [5.41, 5.74) is 0. The summed E-state index contributed by atoms with van der Waals surface area (Å²) in [4.78, 5) is 0. The molecule has 1 nitrogen and oxygen atoms in total. The first kappa shape index (κ1) is 12.8. The van der Waals surface area contributed by atoms with Crippen LogP contribution in [-0.2, 0) is 0 Å². The van der Waals surface area contributed by atoms with Crippen molar-refractivity contribution in [3.05, 3.63) is 28.7 Å². The molecule has 82 valence electrons. The number of hydrogen-bond acceptors (Lipinski definition) is 1. The summed E-state index contributed by atoms with van der Waals surface area (Å²) < 4.78 is 6.87. The first-order valence-corrected chi connectivity index (χ1v) is 6.82. The third-order valence-electron chi connectivity index (χ3n) is 2.70. The summed E-state index contributed by atoms with van der Waals surface area (Å²) in [5.74, 6) is 1.56. The van der Waals surface area contributed by atoms with Crippen LogP contribution in [0.3, 0.4) is 0 Å². The molecule has 1 rings (SSSR count). The quantitative estimate of drug-likeness (QED) is 0.749. The Balaban J connectivity index is 2.62. The van der Waals surface area contributed by atoms with E-state index in [-0.39, 0.29) is 5.04 Å². The van der Waals surface area contributed by atoms with Crippen molar-refractivity contribution in [2.75, 3.05) is 0 Å². The van der Waals surface area contributed by atoms with Crippen LogP contribution in [0.25, 0.3) is 0 Å². The summed E-state index contributed by atoms with van der Waals surface area (Å²) >= 11 is 3.48. The Labute approximate surface area is 103 Å². The lowest BCUT2D eigenvalue weighted by atomic mass is 9.99. The van der Waals surface area contributed by atoms with Crippen molar-refractivity contribution >= 4 is 25.7 Å². The Bertz CT molecular complexity index is 323. The van der Waals surface area contributed by atoms with Gasteiger partial charge < -0.3 is 4.43 Å². The van der Waals surface area contributed by atoms with Crippen molar-refractivity contribution in [2.45, 2.75) is 32.7 Å². The third kappa shape index (κ3) is 3.65. The van der Waals surface area contributed by atoms with Gasteiger partial charge in [0.25, 0.3) is 0 Å². The SMILES string of the molecule is CC(C)C(C)(C)[Si]Oc1ccccc1Br. The molecule has 15 heavy (non-hydrogen) atoms. The molecule has 0 bridgehead atoms. The van der Waals surface area contributed by atoms with E-state index in [1.807, 2.05) is 24.3 Å². The molecule has 0 aliphatic heterocycles. The molecule has 0 saturated heterocycles. The van der Waals surface area contributed by atoms with Gasteiger partial charge in [0, 0.05) is 0 Å². The lowest BCUT2D eigenvalue weighted by molar-refractivity contribution is 0.427. The van der Waals surface area contributed by atoms with E-state index in [1.165, 1.54) is 0 Å². The molecule has 2 radical (unpaired) electrons. The maximum absolute atomic E-state index is 5.84. The van der Waals surface area contributed by atoms with Gasteiger partial charge >= 0.3 is 9.76 Å². The molecular weight excluding hydrogens is 268 g/mol. The third-order valence-corrected chi connectivity index (χ3v) is 4.78. The topological polar surface area (TPSA) is 9.23 Å². The van der Waals surface area contributed by atoms with Crippen molar-refractivity contribution in [1.29, 1.82) is 0 Å². The number of benzene rings is 1. The molecule has 3 heteroatoms. The van der Waals surface area contributed by atoms with Gasteiger partial charge in [-0.25, -0.2) is 0 Å². The highest BCUT2D eigenvalue weighted by Crippen LogP contribution is 2.34. The number of para-hydroxylation sites is 1. The van der Waals surface area contributed by atoms with E-state index in [0.29, 0.717) is 15.7 Å². The standard InChI is InChI=1S/C12H17BrOSi/c1-9(2)12(3,4)15-14-11-8-6-5-7-10(11)13/h5-9H,1-4H3. The zero-order valence-corrected chi connectivity index (χ0v) is 12.3. The van der Waals surface area contributed by atoms with Crippen LogP contribution in [0, 0.1) is 5.92 Å². The summed E-state index contributed by atoms with van der Waals surface area (Å²) in [6, 6.07) is 7.98. The molecule has 0 aliphatic rings. The van der Waals surface area contributed by atoms with Crippen LogP contribution in [0.1, 0.15) is 27.7 Å². The van der Waals surface area contributed by atoms with Crippen LogP contribution in [-0.4, -0.2) is 9.76 Å². The van der Waals surface area contributed by atoms with Gasteiger partial charge in [0.05, 0.1) is 4.47 Å². The van der Waals surface area contributed by atoms with Gasteiger partial charge in [-0.15, -0.1) is 0 Å². The zero-order valence-electron chi connectivity index (χ0n) is 9.67. The highest BCUT2D eigenvalue weighted by molar-refractivity contribution is 9.10. The number of rotatable bonds is 4. The Morgan fingerprint density at radius 3 is 2.40 bits per heavy atom. The lowest BCUT2D eigenvalue weighted by Crippen LogP contribution is -2.24. The van der Waals surface area contributed by atoms with Gasteiger partial charge in [-0.1, -0.05) is 39.8 Å². The Morgan fingerprint density at radius 2 is 1.87 bits per heavy atom. The predicted octanol–water partition coefficient (Wildman–Crippen LogP) is 4.30. The zero-order chi connectivity index (χ0) is 11.5. The highest BCUT2D eigenvalue weighted by atomic mass is 79.9. The summed E-state index contributed by atoms with van der Waals surface area (Å²) in [7, 11) is 0.483. The van der Waals surface area contributed by atoms with Crippen molar-refractivity contribution in [1.82, 2.24) is 0 Å². The van der Waals surface area contributed by atoms with E-state index in [2.05, 4.69) is 43.6 Å². The van der Waals surface area contributed by atoms with Gasteiger partial charge in [-0.2, -0.15) is 0 Å². The highest BCUT2D eigenvalue weighted by Gasteiger charge is 2.26. The summed E-state index contributed by atoms with van der Waals surface area (Å²) in [6.45, 7) is 8.95. The molecule has 0 aliphatic carbocycles. The van der Waals surface area contributed by atoms with E-state index >= 15 is 0 Å². The van der Waals surface area contributed by atoms with E-state index in [1.54, 1.807) is 0 Å². The van der Waals surface area contributed by atoms with Crippen molar-refractivity contribution in [2.24, 2.45) is 5.92 Å². The summed E-state index contributed by atoms with van der Waals surface area (Å²) in [6.07, 6.45) is 0. The molecule has 0 unspecified atom stereocenters. The van der Waals surface area contributed by atoms with Crippen molar-refractivity contribution < 1.29 is 4.43 Å². The van der Waals surface area contributed by atoms with E-state index < -0.39 is 0 Å². The smallest absolute Gasteiger partial charge is 0.317 e. The Morgan fingerprint density at radius 1 is 1.27 bits per heavy atom. The predicted molar refractivity (Wildman–Crippen MR) is 69.4 cm³/mol. The van der Waals surface area contributed by atoms with E-state index in [9.17, 15) is 0 Å². The lowest BCUT2D eigenvalue weighted by Gasteiger charge is -2.27. The normalized spacial score (nSPS) is 11.9. The molecule has 0 spiro atoms. The van der Waals surface area contributed by atoms with Gasteiger partial charge in [-0.05, 0) is 39.0 Å². The molecule has 0 N–H and O–H groups in total. The molecule has 0 atom stereocenters. The molecular formula is C12H17BrOSi. The largest absolute Gasteiger partial charge is 0.540 e. The number of halogens is 1. The number of hydrogen-bond donors (Lipinski definition) is 0. The monoisotopic (exact) mass is 284 g/mol. The average Bonchev–Trinajstić information content (AvgIpc) is 2.16. The van der Waals surface area contributed by atoms with Gasteiger partial charge in [0.15, 0.2) is 0 Å². The fraction of sp³-hybridized carbons (Fsp3) is 0.500. The first-order valence-electron chi connectivity index (χ1n) is 5.12. The van der Waals surface area contributed by atoms with Gasteiger partial charge in [-0.3, -0.25) is 0 Å². The Kier molecular flexibility index (Phi) is 4.41. The molecule has 0 saturated carbocycles. The van der Waals surface area contributed by atoms with Crippen LogP contribution in [0.15, 0.2) is 28.7 Å². The maximum atomic E-state index is 5.84. The maximum Gasteiger partial charge on any atom is 0.317 e. The minimum atomic E-state index is 0.231. The van der Waals surface area contributed by atoms with Crippen LogP contribution >= 0.6 is 15.9 Å². The fourth-order valence-corrected chi connectivity index (χ4v) is 2.13. The van der Waals surface area contributed by atoms with Crippen LogP contribution in [0.5, 0.6) is 5.75 Å². The molecule has 0 heterocycles. The van der Waals surface area contributed by atoms with Crippen molar-refractivity contribution in [3.8, 4) is 5.75 Å². The second kappa shape index (κ2) is 5.17. The van der Waals surface area contributed by atoms with Gasteiger partial charge in [0.1, 0.15) is 5.75 Å². The fourth-order valence-electron chi connectivity index (χ4n) is 0.832. The molecule has 0 amide bonds. The Hall–Kier alpha value is -0.283. The summed E-state index contributed by atoms with van der Waals surface area (Å²) in [5, 5.41) is 0.231. The van der Waals surface area contributed by atoms with E-state index in [0.717, 1.165) is 10.2 Å². The minimum absolute atomic E-state index is 0.231. The second-order valence-electron chi connectivity index (χ2n) is 4.51. The molecule has 1 aromatic carbocycles. The molecule has 0 aromatic heterocycles. The average molecular weight is 285 g/mol. The molecule has 0 fully saturated rings. The van der Waals surface area contributed by atoms with Gasteiger partial charge in [0.2, 0.25) is 0 Å². The van der Waals surface area contributed by atoms with E-state index in [4.69, 9.17) is 4.43 Å². The van der Waals surface area contributed by atoms with Crippen molar-refractivity contribution in [3.63, 3.8) is 0 Å². The second-order valence-corrected chi connectivity index (χ2v) is 7.06. The minimum Gasteiger partial charge on any atom is -0.540 e. The van der Waals surface area contributed by atoms with Crippen LogP contribution < -0.4 is 4.43 Å². The molecule has 1 aromatic rings. The van der Waals surface area contributed by atoms with Crippen LogP contribution in [0.4, 0.5) is 0 Å². The van der Waals surface area contributed by atoms with Crippen LogP contribution in [0.2, 0.25) is 5.04 Å².